The van der Waals surface area contributed by atoms with Crippen LogP contribution in [-0.2, 0) is 23.8 Å². The average Bonchev–Trinajstić information content (AvgIpc) is 3.93. The largest absolute Gasteiger partial charge is 0.507 e. The van der Waals surface area contributed by atoms with Gasteiger partial charge in [0.2, 0.25) is 10.9 Å². The fraction of sp³-hybridized carbons (Fsp3) is 0.518. The number of amides is 4. The lowest BCUT2D eigenvalue weighted by atomic mass is 9.78. The SMILES string of the molecule is CO[C@H]1/C=C/O[C@@]2(C)Oc3c(C)c(O)c4c(=O)c(c5oc6cc(N7CCC(NC(=O)N8CCC(NC(=O)SC)CC8)CC7)cc(=O)c6nc5c4c3=C2O)NC(=O)/C(C)=C\C=C\[C@H](C)[C@H](O)[C@@H](C)[C@@H](O)[C@@H](C)[C@H](OC(C)=O)[C@@H]1C. The van der Waals surface area contributed by atoms with Crippen LogP contribution in [0.4, 0.5) is 21.0 Å². The number of nitrogens with one attached hydrogen (secondary N) is 3. The van der Waals surface area contributed by atoms with Crippen LogP contribution in [0.1, 0.15) is 79.7 Å². The van der Waals surface area contributed by atoms with Crippen molar-refractivity contribution in [3.63, 3.8) is 0 Å². The van der Waals surface area contributed by atoms with Crippen LogP contribution in [0.2, 0.25) is 0 Å². The van der Waals surface area contributed by atoms with E-state index in [1.165, 1.54) is 59.3 Å². The highest BCUT2D eigenvalue weighted by atomic mass is 32.2. The summed E-state index contributed by atoms with van der Waals surface area (Å²) < 4.78 is 30.6. The van der Waals surface area contributed by atoms with Gasteiger partial charge in [0.1, 0.15) is 28.8 Å². The number of benzene rings is 3. The number of fused-ring (bicyclic) bond motifs is 2. The Morgan fingerprint density at radius 2 is 1.55 bits per heavy atom. The molecule has 2 saturated heterocycles. The topological polar surface area (TPSA) is 289 Å². The number of carbonyl (C=O) groups is 4. The van der Waals surface area contributed by atoms with Gasteiger partial charge in [-0.1, -0.05) is 57.7 Å². The quantitative estimate of drug-likeness (QED) is 0.0709. The minimum atomic E-state index is -2.02. The van der Waals surface area contributed by atoms with Crippen LogP contribution in [0.3, 0.4) is 0 Å². The summed E-state index contributed by atoms with van der Waals surface area (Å²) in [7, 11) is 1.43. The van der Waals surface area contributed by atoms with Gasteiger partial charge in [0.15, 0.2) is 22.4 Å². The van der Waals surface area contributed by atoms with E-state index in [-0.39, 0.29) is 78.4 Å². The first-order valence-electron chi connectivity index (χ1n) is 26.3. The number of nitrogens with zero attached hydrogens (tertiary/aromatic N) is 3. The first-order chi connectivity index (χ1) is 37.0. The predicted octanol–water partition coefficient (Wildman–Crippen LogP) is 5.78. The molecular weight excluding hydrogens is 1030 g/mol. The number of hydrogen-bond acceptors (Lipinski definition) is 18. The van der Waals surface area contributed by atoms with E-state index in [2.05, 4.69) is 16.0 Å². The van der Waals surface area contributed by atoms with Crippen molar-refractivity contribution < 1.29 is 63.0 Å². The van der Waals surface area contributed by atoms with E-state index in [1.807, 2.05) is 4.90 Å². The molecule has 0 radical (unpaired) electrons. The molecule has 4 aliphatic rings. The van der Waals surface area contributed by atoms with Gasteiger partial charge in [0.25, 0.3) is 11.1 Å². The van der Waals surface area contributed by atoms with E-state index in [9.17, 15) is 44.4 Å². The van der Waals surface area contributed by atoms with Gasteiger partial charge in [0, 0.05) is 117 Å². The molecule has 78 heavy (non-hydrogen) atoms. The number of methoxy groups -OCH3 is 1. The maximum Gasteiger partial charge on any atom is 0.317 e. The molecule has 7 N–H and O–H groups in total. The van der Waals surface area contributed by atoms with Crippen LogP contribution in [0, 0.1) is 30.6 Å². The summed E-state index contributed by atoms with van der Waals surface area (Å²) in [6.07, 6.45) is 7.54. The summed E-state index contributed by atoms with van der Waals surface area (Å²) in [5, 5.41) is 55.4. The number of likely N-dealkylation sites (tertiary alicyclic amines) is 1. The van der Waals surface area contributed by atoms with Crippen molar-refractivity contribution in [3.05, 3.63) is 79.5 Å². The van der Waals surface area contributed by atoms with Crippen molar-refractivity contribution >= 4 is 85.0 Å². The Morgan fingerprint density at radius 1 is 0.885 bits per heavy atom. The molecule has 3 aromatic carbocycles. The van der Waals surface area contributed by atoms with Gasteiger partial charge in [0.05, 0.1) is 35.2 Å². The van der Waals surface area contributed by atoms with Gasteiger partial charge in [-0.05, 0) is 51.9 Å². The van der Waals surface area contributed by atoms with Gasteiger partial charge in [-0.25, -0.2) is 9.78 Å². The summed E-state index contributed by atoms with van der Waals surface area (Å²) in [6, 6.07) is 2.72. The lowest BCUT2D eigenvalue weighted by Gasteiger charge is -2.38. The van der Waals surface area contributed by atoms with Gasteiger partial charge < -0.3 is 69.5 Å². The Balaban J connectivity index is 1.21. The molecule has 5 heterocycles. The molecule has 0 unspecified atom stereocenters. The number of anilines is 2. The lowest BCUT2D eigenvalue weighted by molar-refractivity contribution is -0.160. The second-order valence-corrected chi connectivity index (χ2v) is 21.9. The fourth-order valence-electron chi connectivity index (χ4n) is 11.1. The number of ether oxygens (including phenoxy) is 4. The zero-order chi connectivity index (χ0) is 56.7. The zero-order valence-corrected chi connectivity index (χ0v) is 46.3. The third-order valence-electron chi connectivity index (χ3n) is 15.9. The van der Waals surface area contributed by atoms with Crippen LogP contribution >= 0.6 is 11.8 Å². The Hall–Kier alpha value is -6.88. The van der Waals surface area contributed by atoms with Crippen LogP contribution < -0.4 is 41.7 Å². The molecule has 21 nitrogen and oxygen atoms in total. The van der Waals surface area contributed by atoms with Crippen molar-refractivity contribution in [2.45, 2.75) is 123 Å². The second kappa shape index (κ2) is 23.2. The predicted molar refractivity (Wildman–Crippen MR) is 295 cm³/mol. The number of carbonyl (C=O) groups excluding carboxylic acids is 4. The molecule has 4 bridgehead atoms. The van der Waals surface area contributed by atoms with Crippen molar-refractivity contribution in [3.8, 4) is 11.5 Å². The first-order valence-corrected chi connectivity index (χ1v) is 27.5. The number of thioether (sulfide) groups is 1. The Bertz CT molecular complexity index is 3290. The Morgan fingerprint density at radius 3 is 2.21 bits per heavy atom. The highest BCUT2D eigenvalue weighted by molar-refractivity contribution is 8.12. The standard InChI is InChI=1S/C56H70N6O15S/c1-26-12-11-13-27(2)53(70)60-44-48(68)40-39(41-50(31(6)47(40)67)77-56(8,52(41)69)74-23-18-37(73-9)28(3)49(75-32(7)63)30(5)46(66)29(4)45(26)65)43-51(44)76-38-25-35(24-36(64)42(38)59-43)61-19-14-33(15-20-61)57-54(71)62-21-16-34(17-22-62)58-55(72)78-10/h11-13,18,23-26,28-30,33-34,37,45-46,49,65-67,69H,14-17,19-22H2,1-10H3,(H,57,71)(H,58,72)(H,60,70)/b12-11+,23-18+,27-13-/t26-,28+,29+,30+,37-,45-,46+,49+,56-/m0/s1. The Labute approximate surface area is 454 Å². The van der Waals surface area contributed by atoms with Crippen molar-refractivity contribution in [1.82, 2.24) is 20.5 Å². The van der Waals surface area contributed by atoms with Crippen molar-refractivity contribution in [2.24, 2.45) is 23.7 Å². The molecule has 8 rings (SSSR count). The molecule has 4 amide bonds. The smallest absolute Gasteiger partial charge is 0.317 e. The van der Waals surface area contributed by atoms with Crippen molar-refractivity contribution in [2.75, 3.05) is 49.8 Å². The molecule has 4 aromatic rings. The van der Waals surface area contributed by atoms with E-state index in [4.69, 9.17) is 28.3 Å². The summed E-state index contributed by atoms with van der Waals surface area (Å²) in [4.78, 5) is 89.6. The lowest BCUT2D eigenvalue weighted by Crippen LogP contribution is -2.53. The summed E-state index contributed by atoms with van der Waals surface area (Å²) in [6.45, 7) is 14.4. The van der Waals surface area contributed by atoms with Crippen molar-refractivity contribution in [1.29, 1.82) is 0 Å². The zero-order valence-electron chi connectivity index (χ0n) is 45.5. The van der Waals surface area contributed by atoms with E-state index >= 15 is 4.79 Å². The molecule has 2 fully saturated rings. The number of aliphatic hydroxyl groups excluding tert-OH is 3. The van der Waals surface area contributed by atoms with E-state index in [1.54, 1.807) is 57.1 Å². The molecule has 420 valence electrons. The van der Waals surface area contributed by atoms with Crippen LogP contribution in [0.15, 0.2) is 62.3 Å². The van der Waals surface area contributed by atoms with Crippen LogP contribution in [0.25, 0.3) is 38.7 Å². The number of aromatic nitrogens is 1. The molecule has 1 aromatic heterocycles. The van der Waals surface area contributed by atoms with Crippen LogP contribution in [-0.4, -0.2) is 135 Å². The normalized spacial score (nSPS) is 28.4. The third-order valence-corrected chi connectivity index (χ3v) is 16.4. The third kappa shape index (κ3) is 11.2. The average molecular weight is 1100 g/mol. The minimum Gasteiger partial charge on any atom is -0.507 e. The van der Waals surface area contributed by atoms with E-state index in [0.29, 0.717) is 57.5 Å². The minimum absolute atomic E-state index is 0.0165. The molecule has 0 aliphatic carbocycles. The molecule has 9 atom stereocenters. The van der Waals surface area contributed by atoms with Crippen LogP contribution in [0.5, 0.6) is 11.5 Å². The summed E-state index contributed by atoms with van der Waals surface area (Å²) >= 11 is 1.12. The number of phenolic OH excluding ortho intramolecular Hbond substituents is 1. The van der Waals surface area contributed by atoms with Gasteiger partial charge in [-0.15, -0.1) is 0 Å². The van der Waals surface area contributed by atoms with E-state index in [0.717, 1.165) is 11.8 Å². The number of esters is 1. The summed E-state index contributed by atoms with van der Waals surface area (Å²) in [5.41, 5.74) is -1.93. The maximum absolute atomic E-state index is 15.0. The highest BCUT2D eigenvalue weighted by Gasteiger charge is 2.44. The number of rotatable bonds is 5. The number of phenols is 1. The van der Waals surface area contributed by atoms with Gasteiger partial charge in [-0.2, -0.15) is 0 Å². The molecule has 4 aliphatic heterocycles. The number of aliphatic hydroxyl groups is 3. The number of urea groups is 1. The number of aromatic hydroxyl groups is 1. The number of allylic oxidation sites excluding steroid dienone is 2. The fourth-order valence-corrected chi connectivity index (χ4v) is 11.3. The summed E-state index contributed by atoms with van der Waals surface area (Å²) in [5.74, 6) is -7.21. The Kier molecular flexibility index (Phi) is 17.1. The monoisotopic (exact) mass is 1100 g/mol. The maximum atomic E-state index is 15.0. The first kappa shape index (κ1) is 57.3. The van der Waals surface area contributed by atoms with Gasteiger partial charge in [-0.3, -0.25) is 24.0 Å². The number of hydrogen-bond donors (Lipinski definition) is 7. The second-order valence-electron chi connectivity index (χ2n) is 21.1. The molecule has 0 spiro atoms. The number of piperidine rings is 2. The van der Waals surface area contributed by atoms with Gasteiger partial charge >= 0.3 is 17.8 Å². The highest BCUT2D eigenvalue weighted by Crippen LogP contribution is 2.42. The van der Waals surface area contributed by atoms with E-state index < -0.39 is 93.8 Å². The molecule has 0 saturated carbocycles. The molecular formula is C56H70N6O15S. The molecule has 22 heteroatoms.